The number of hydrogen-bond acceptors (Lipinski definition) is 2. The summed E-state index contributed by atoms with van der Waals surface area (Å²) < 4.78 is 0. The summed E-state index contributed by atoms with van der Waals surface area (Å²) in [5, 5.41) is 12.1. The first-order valence-corrected chi connectivity index (χ1v) is 6.15. The molecule has 1 amide bonds. The summed E-state index contributed by atoms with van der Waals surface area (Å²) in [4.78, 5) is 23.2. The van der Waals surface area contributed by atoms with Gasteiger partial charge in [-0.25, -0.2) is 4.79 Å². The van der Waals surface area contributed by atoms with Gasteiger partial charge in [-0.1, -0.05) is 23.7 Å². The van der Waals surface area contributed by atoms with Gasteiger partial charge in [0.15, 0.2) is 0 Å². The number of halogens is 1. The van der Waals surface area contributed by atoms with Crippen molar-refractivity contribution in [2.75, 3.05) is 0 Å². The zero-order valence-corrected chi connectivity index (χ0v) is 10.8. The minimum absolute atomic E-state index is 0.323. The van der Waals surface area contributed by atoms with Gasteiger partial charge in [-0.15, -0.1) is 0 Å². The Morgan fingerprint density at radius 2 is 2.06 bits per heavy atom. The molecule has 1 aliphatic carbocycles. The van der Waals surface area contributed by atoms with Gasteiger partial charge in [-0.05, 0) is 37.8 Å². The Labute approximate surface area is 110 Å². The molecule has 0 aliphatic heterocycles. The predicted molar refractivity (Wildman–Crippen MR) is 67.9 cm³/mol. The van der Waals surface area contributed by atoms with E-state index in [0.29, 0.717) is 23.4 Å². The molecule has 1 aliphatic rings. The molecule has 1 fully saturated rings. The first kappa shape index (κ1) is 12.9. The van der Waals surface area contributed by atoms with Crippen LogP contribution in [0.5, 0.6) is 0 Å². The zero-order chi connectivity index (χ0) is 13.3. The van der Waals surface area contributed by atoms with Crippen molar-refractivity contribution in [3.05, 3.63) is 34.3 Å². The lowest BCUT2D eigenvalue weighted by molar-refractivity contribution is -0.148. The molecule has 0 heterocycles. The number of aryl methyl sites for hydroxylation is 1. The van der Waals surface area contributed by atoms with Crippen molar-refractivity contribution in [3.63, 3.8) is 0 Å². The minimum atomic E-state index is -1.11. The Bertz CT molecular complexity index is 509. The van der Waals surface area contributed by atoms with Crippen molar-refractivity contribution in [3.8, 4) is 0 Å². The Morgan fingerprint density at radius 3 is 2.56 bits per heavy atom. The van der Waals surface area contributed by atoms with Gasteiger partial charge in [0, 0.05) is 0 Å². The van der Waals surface area contributed by atoms with E-state index in [0.717, 1.165) is 12.0 Å². The van der Waals surface area contributed by atoms with Crippen LogP contribution in [0.4, 0.5) is 0 Å². The fraction of sp³-hybridized carbons (Fsp3) is 0.385. The Hall–Kier alpha value is -1.55. The number of hydrogen-bond donors (Lipinski definition) is 2. The van der Waals surface area contributed by atoms with Crippen LogP contribution in [-0.4, -0.2) is 22.5 Å². The van der Waals surface area contributed by atoms with Crippen LogP contribution < -0.4 is 5.32 Å². The van der Waals surface area contributed by atoms with Crippen LogP contribution in [0.15, 0.2) is 18.2 Å². The number of carboxylic acid groups (broad SMARTS) is 1. The highest BCUT2D eigenvalue weighted by atomic mass is 35.5. The Morgan fingerprint density at radius 1 is 1.39 bits per heavy atom. The quantitative estimate of drug-likeness (QED) is 0.884. The fourth-order valence-electron chi connectivity index (χ4n) is 2.03. The van der Waals surface area contributed by atoms with Crippen LogP contribution in [0.3, 0.4) is 0 Å². The molecule has 1 aromatic rings. The summed E-state index contributed by atoms with van der Waals surface area (Å²) in [5.41, 5.74) is 0.0101. The van der Waals surface area contributed by atoms with Crippen molar-refractivity contribution in [1.29, 1.82) is 0 Å². The third-order valence-corrected chi connectivity index (χ3v) is 3.91. The van der Waals surface area contributed by atoms with Crippen LogP contribution in [-0.2, 0) is 4.79 Å². The number of carbonyl (C=O) groups is 2. The fourth-order valence-corrected chi connectivity index (χ4v) is 2.24. The molecule has 0 spiro atoms. The SMILES string of the molecule is Cc1cccc(C(=O)NC2(C(=O)O)CCC2)c1Cl. The largest absolute Gasteiger partial charge is 0.480 e. The topological polar surface area (TPSA) is 66.4 Å². The van der Waals surface area contributed by atoms with Gasteiger partial charge < -0.3 is 10.4 Å². The molecule has 1 aromatic carbocycles. The Balaban J connectivity index is 2.22. The highest BCUT2D eigenvalue weighted by Crippen LogP contribution is 2.33. The van der Waals surface area contributed by atoms with Crippen molar-refractivity contribution in [1.82, 2.24) is 5.32 Å². The van der Waals surface area contributed by atoms with Crippen molar-refractivity contribution in [2.45, 2.75) is 31.7 Å². The Kier molecular flexibility index (Phi) is 3.30. The molecule has 2 N–H and O–H groups in total. The van der Waals surface area contributed by atoms with E-state index >= 15 is 0 Å². The number of carbonyl (C=O) groups excluding carboxylic acids is 1. The molecule has 0 saturated heterocycles. The second-order valence-electron chi connectivity index (χ2n) is 4.63. The lowest BCUT2D eigenvalue weighted by Crippen LogP contribution is -2.59. The average molecular weight is 268 g/mol. The van der Waals surface area contributed by atoms with Gasteiger partial charge in [-0.2, -0.15) is 0 Å². The van der Waals surface area contributed by atoms with Gasteiger partial charge in [0.05, 0.1) is 10.6 Å². The van der Waals surface area contributed by atoms with E-state index in [4.69, 9.17) is 16.7 Å². The van der Waals surface area contributed by atoms with E-state index in [9.17, 15) is 9.59 Å². The molecular weight excluding hydrogens is 254 g/mol. The highest BCUT2D eigenvalue weighted by molar-refractivity contribution is 6.34. The molecule has 96 valence electrons. The first-order valence-electron chi connectivity index (χ1n) is 5.77. The van der Waals surface area contributed by atoms with Crippen LogP contribution in [0.2, 0.25) is 5.02 Å². The van der Waals surface area contributed by atoms with Crippen molar-refractivity contribution < 1.29 is 14.7 Å². The summed E-state index contributed by atoms with van der Waals surface area (Å²) >= 11 is 6.05. The van der Waals surface area contributed by atoms with Gasteiger partial charge >= 0.3 is 5.97 Å². The molecule has 0 bridgehead atoms. The third-order valence-electron chi connectivity index (χ3n) is 3.41. The van der Waals surface area contributed by atoms with Gasteiger partial charge in [-0.3, -0.25) is 4.79 Å². The number of rotatable bonds is 3. The van der Waals surface area contributed by atoms with E-state index in [-0.39, 0.29) is 0 Å². The van der Waals surface area contributed by atoms with E-state index in [1.54, 1.807) is 25.1 Å². The maximum atomic E-state index is 12.1. The number of aliphatic carboxylic acids is 1. The standard InChI is InChI=1S/C13H14ClNO3/c1-8-4-2-5-9(10(8)14)11(16)15-13(12(17)18)6-3-7-13/h2,4-5H,3,6-7H2,1H3,(H,15,16)(H,17,18). The predicted octanol–water partition coefficient (Wildman–Crippen LogP) is 2.39. The normalized spacial score (nSPS) is 16.8. The second kappa shape index (κ2) is 4.61. The van der Waals surface area contributed by atoms with Crippen LogP contribution in [0, 0.1) is 6.92 Å². The van der Waals surface area contributed by atoms with E-state index in [2.05, 4.69) is 5.32 Å². The van der Waals surface area contributed by atoms with E-state index in [1.165, 1.54) is 0 Å². The lowest BCUT2D eigenvalue weighted by atomic mass is 9.76. The van der Waals surface area contributed by atoms with Crippen LogP contribution in [0.25, 0.3) is 0 Å². The summed E-state index contributed by atoms with van der Waals surface area (Å²) in [6.45, 7) is 1.80. The molecule has 1 saturated carbocycles. The molecule has 4 nitrogen and oxygen atoms in total. The molecule has 18 heavy (non-hydrogen) atoms. The number of benzene rings is 1. The van der Waals surface area contributed by atoms with Crippen molar-refractivity contribution >= 4 is 23.5 Å². The molecular formula is C13H14ClNO3. The zero-order valence-electron chi connectivity index (χ0n) is 10.00. The third kappa shape index (κ3) is 2.08. The molecule has 0 atom stereocenters. The minimum Gasteiger partial charge on any atom is -0.480 e. The van der Waals surface area contributed by atoms with Gasteiger partial charge in [0.2, 0.25) is 0 Å². The van der Waals surface area contributed by atoms with Crippen LogP contribution in [0.1, 0.15) is 35.2 Å². The summed E-state index contributed by atoms with van der Waals surface area (Å²) in [6, 6.07) is 5.12. The lowest BCUT2D eigenvalue weighted by Gasteiger charge is -2.38. The van der Waals surface area contributed by atoms with E-state index in [1.807, 2.05) is 0 Å². The summed E-state index contributed by atoms with van der Waals surface area (Å²) in [7, 11) is 0. The summed E-state index contributed by atoms with van der Waals surface area (Å²) in [5.74, 6) is -1.41. The molecule has 0 radical (unpaired) electrons. The molecule has 2 rings (SSSR count). The molecule has 0 aromatic heterocycles. The first-order chi connectivity index (χ1) is 8.46. The van der Waals surface area contributed by atoms with Gasteiger partial charge in [0.1, 0.15) is 5.54 Å². The average Bonchev–Trinajstić information content (AvgIpc) is 2.26. The smallest absolute Gasteiger partial charge is 0.329 e. The second-order valence-corrected chi connectivity index (χ2v) is 5.01. The summed E-state index contributed by atoms with van der Waals surface area (Å²) in [6.07, 6.45) is 1.75. The molecule has 0 unspecified atom stereocenters. The maximum Gasteiger partial charge on any atom is 0.329 e. The van der Waals surface area contributed by atoms with Gasteiger partial charge in [0.25, 0.3) is 5.91 Å². The monoisotopic (exact) mass is 267 g/mol. The van der Waals surface area contributed by atoms with Crippen LogP contribution >= 0.6 is 11.6 Å². The number of amides is 1. The molecule has 5 heteroatoms. The highest BCUT2D eigenvalue weighted by Gasteiger charge is 2.45. The maximum absolute atomic E-state index is 12.1. The number of nitrogens with one attached hydrogen (secondary N) is 1. The van der Waals surface area contributed by atoms with E-state index < -0.39 is 17.4 Å². The number of carboxylic acids is 1. The van der Waals surface area contributed by atoms with Crippen molar-refractivity contribution in [2.24, 2.45) is 0 Å².